The Kier molecular flexibility index (Phi) is 10.4. The molecule has 33 heavy (non-hydrogen) atoms. The summed E-state index contributed by atoms with van der Waals surface area (Å²) in [5, 5.41) is 16.0. The summed E-state index contributed by atoms with van der Waals surface area (Å²) in [6.45, 7) is 6.41. The lowest BCUT2D eigenvalue weighted by molar-refractivity contribution is -0.130. The van der Waals surface area contributed by atoms with E-state index in [9.17, 15) is 14.7 Å². The number of phenols is 1. The third kappa shape index (κ3) is 8.25. The van der Waals surface area contributed by atoms with Crippen LogP contribution in [0.4, 0.5) is 0 Å². The fraction of sp³-hybridized carbons (Fsp3) is 0.423. The van der Waals surface area contributed by atoms with Gasteiger partial charge in [0.15, 0.2) is 0 Å². The highest BCUT2D eigenvalue weighted by Gasteiger charge is 2.27. The second kappa shape index (κ2) is 13.3. The molecule has 0 aromatic heterocycles. The van der Waals surface area contributed by atoms with E-state index < -0.39 is 12.1 Å². The Labute approximate surface area is 196 Å². The quantitative estimate of drug-likeness (QED) is 0.338. The lowest BCUT2D eigenvalue weighted by Crippen LogP contribution is -2.51. The number of ether oxygens (including phenoxy) is 1. The number of hydrogen-bond acceptors (Lipinski definition) is 5. The molecule has 0 spiro atoms. The van der Waals surface area contributed by atoms with Crippen molar-refractivity contribution in [1.82, 2.24) is 10.6 Å². The minimum absolute atomic E-state index is 0.0123. The van der Waals surface area contributed by atoms with Crippen molar-refractivity contribution in [3.63, 3.8) is 0 Å². The van der Waals surface area contributed by atoms with E-state index >= 15 is 0 Å². The number of aromatic hydroxyl groups is 1. The van der Waals surface area contributed by atoms with Crippen LogP contribution in [0.15, 0.2) is 53.5 Å². The van der Waals surface area contributed by atoms with Crippen LogP contribution in [0.1, 0.15) is 44.7 Å². The van der Waals surface area contributed by atoms with Crippen LogP contribution in [0.25, 0.3) is 0 Å². The predicted octanol–water partition coefficient (Wildman–Crippen LogP) is 3.49. The first-order chi connectivity index (χ1) is 15.8. The van der Waals surface area contributed by atoms with Gasteiger partial charge in [0.2, 0.25) is 11.8 Å². The van der Waals surface area contributed by atoms with Crippen molar-refractivity contribution in [3.05, 3.63) is 59.7 Å². The van der Waals surface area contributed by atoms with Gasteiger partial charge in [0.1, 0.15) is 23.6 Å². The Bertz CT molecular complexity index is 928. The van der Waals surface area contributed by atoms with E-state index in [0.29, 0.717) is 24.3 Å². The van der Waals surface area contributed by atoms with E-state index in [-0.39, 0.29) is 23.5 Å². The van der Waals surface area contributed by atoms with Crippen LogP contribution in [0.5, 0.6) is 11.5 Å². The van der Waals surface area contributed by atoms with Gasteiger partial charge in [0.05, 0.1) is 7.11 Å². The summed E-state index contributed by atoms with van der Waals surface area (Å²) in [6, 6.07) is 13.0. The van der Waals surface area contributed by atoms with E-state index in [1.807, 2.05) is 44.2 Å². The number of carbonyl (C=O) groups is 2. The zero-order valence-corrected chi connectivity index (χ0v) is 19.9. The van der Waals surface area contributed by atoms with E-state index in [4.69, 9.17) is 4.74 Å². The zero-order valence-electron chi connectivity index (χ0n) is 19.9. The maximum absolute atomic E-state index is 13.1. The molecule has 0 aliphatic heterocycles. The van der Waals surface area contributed by atoms with Crippen molar-refractivity contribution >= 4 is 18.0 Å². The zero-order chi connectivity index (χ0) is 24.2. The highest BCUT2D eigenvalue weighted by molar-refractivity contribution is 5.92. The molecule has 2 aromatic rings. The molecule has 7 nitrogen and oxygen atoms in total. The molecule has 0 fully saturated rings. The van der Waals surface area contributed by atoms with E-state index in [1.165, 1.54) is 19.4 Å². The van der Waals surface area contributed by atoms with Gasteiger partial charge in [-0.1, -0.05) is 57.5 Å². The molecule has 0 saturated carbocycles. The smallest absolute Gasteiger partial charge is 0.245 e. The number of nitrogens with zero attached hydrogens (tertiary/aromatic N) is 1. The number of nitrogens with one attached hydrogen (secondary N) is 2. The number of carbonyl (C=O) groups excluding carboxylic acids is 2. The molecule has 2 amide bonds. The second-order valence-corrected chi connectivity index (χ2v) is 8.29. The highest BCUT2D eigenvalue weighted by Crippen LogP contribution is 2.22. The molecule has 7 heteroatoms. The van der Waals surface area contributed by atoms with Crippen molar-refractivity contribution in [3.8, 4) is 11.5 Å². The number of benzene rings is 2. The Hall–Kier alpha value is -3.35. The first kappa shape index (κ1) is 25.9. The van der Waals surface area contributed by atoms with Crippen LogP contribution in [0.2, 0.25) is 0 Å². The lowest BCUT2D eigenvalue weighted by Gasteiger charge is -2.22. The van der Waals surface area contributed by atoms with Gasteiger partial charge in [0.25, 0.3) is 0 Å². The molecule has 0 bridgehead atoms. The van der Waals surface area contributed by atoms with Gasteiger partial charge >= 0.3 is 0 Å². The third-order valence-electron chi connectivity index (χ3n) is 5.26. The summed E-state index contributed by atoms with van der Waals surface area (Å²) in [6.07, 6.45) is 3.71. The number of methoxy groups -OCH3 is 1. The molecular weight excluding hydrogens is 418 g/mol. The number of unbranched alkanes of at least 4 members (excludes halogenated alkanes) is 1. The van der Waals surface area contributed by atoms with Gasteiger partial charge in [-0.15, -0.1) is 0 Å². The topological polar surface area (TPSA) is 100 Å². The van der Waals surface area contributed by atoms with E-state index in [1.54, 1.807) is 12.1 Å². The number of amides is 2. The Balaban J connectivity index is 2.17. The van der Waals surface area contributed by atoms with Crippen LogP contribution < -0.4 is 15.4 Å². The molecule has 2 rings (SSSR count). The van der Waals surface area contributed by atoms with Crippen LogP contribution in [0, 0.1) is 5.92 Å². The van der Waals surface area contributed by atoms with Gasteiger partial charge in [-0.2, -0.15) is 0 Å². The molecule has 0 radical (unpaired) electrons. The van der Waals surface area contributed by atoms with Gasteiger partial charge in [0, 0.05) is 30.8 Å². The van der Waals surface area contributed by atoms with Crippen molar-refractivity contribution in [2.45, 2.75) is 52.1 Å². The Morgan fingerprint density at radius 1 is 1.12 bits per heavy atom. The molecule has 0 saturated heterocycles. The molecule has 3 N–H and O–H groups in total. The number of hydrogen-bond donors (Lipinski definition) is 3. The third-order valence-corrected chi connectivity index (χ3v) is 5.26. The monoisotopic (exact) mass is 453 g/mol. The molecule has 178 valence electrons. The normalized spacial score (nSPS) is 13.0. The lowest BCUT2D eigenvalue weighted by atomic mass is 10.0. The molecule has 0 aliphatic rings. The molecule has 0 unspecified atom stereocenters. The molecule has 2 atom stereocenters. The number of aliphatic imine (C=N–C) groups is 1. The Morgan fingerprint density at radius 2 is 1.85 bits per heavy atom. The summed E-state index contributed by atoms with van der Waals surface area (Å²) in [5.41, 5.74) is 1.44. The van der Waals surface area contributed by atoms with Gasteiger partial charge in [-0.3, -0.25) is 14.6 Å². The standard InChI is InChI=1S/C26H35N3O4/c1-5-6-14-27-25(31)22(15-19-10-8-7-9-11-19)29-26(32)24(18(2)3)28-17-20-12-13-21(33-4)16-23(20)30/h7-13,16-18,22,24,30H,5-6,14-15H2,1-4H3,(H,27,31)(H,29,32)/t22-,24-/m0/s1. The van der Waals surface area contributed by atoms with Crippen LogP contribution in [0.3, 0.4) is 0 Å². The Morgan fingerprint density at radius 3 is 2.45 bits per heavy atom. The molecule has 0 heterocycles. The minimum Gasteiger partial charge on any atom is -0.507 e. The molecular formula is C26H35N3O4. The van der Waals surface area contributed by atoms with Crippen molar-refractivity contribution in [2.24, 2.45) is 10.9 Å². The van der Waals surface area contributed by atoms with Gasteiger partial charge in [-0.25, -0.2) is 0 Å². The first-order valence-corrected chi connectivity index (χ1v) is 11.4. The summed E-state index contributed by atoms with van der Waals surface area (Å²) in [4.78, 5) is 30.4. The van der Waals surface area contributed by atoms with Crippen molar-refractivity contribution < 1.29 is 19.4 Å². The van der Waals surface area contributed by atoms with Crippen molar-refractivity contribution in [1.29, 1.82) is 0 Å². The highest BCUT2D eigenvalue weighted by atomic mass is 16.5. The predicted molar refractivity (Wildman–Crippen MR) is 131 cm³/mol. The van der Waals surface area contributed by atoms with Crippen LogP contribution >= 0.6 is 0 Å². The van der Waals surface area contributed by atoms with Gasteiger partial charge in [-0.05, 0) is 30.0 Å². The average Bonchev–Trinajstić information content (AvgIpc) is 2.80. The summed E-state index contributed by atoms with van der Waals surface area (Å²) < 4.78 is 5.10. The van der Waals surface area contributed by atoms with Crippen LogP contribution in [-0.2, 0) is 16.0 Å². The second-order valence-electron chi connectivity index (χ2n) is 8.29. The fourth-order valence-corrected chi connectivity index (χ4v) is 3.29. The molecule has 2 aromatic carbocycles. The van der Waals surface area contributed by atoms with E-state index in [2.05, 4.69) is 22.5 Å². The minimum atomic E-state index is -0.715. The summed E-state index contributed by atoms with van der Waals surface area (Å²) in [7, 11) is 1.52. The van der Waals surface area contributed by atoms with Crippen molar-refractivity contribution in [2.75, 3.05) is 13.7 Å². The maximum Gasteiger partial charge on any atom is 0.245 e. The molecule has 0 aliphatic carbocycles. The SMILES string of the molecule is CCCCNC(=O)[C@H](Cc1ccccc1)NC(=O)[C@@H](N=Cc1ccc(OC)cc1O)C(C)C. The average molecular weight is 454 g/mol. The first-order valence-electron chi connectivity index (χ1n) is 11.4. The maximum atomic E-state index is 13.1. The number of phenolic OH excluding ortho intramolecular Hbond substituents is 1. The summed E-state index contributed by atoms with van der Waals surface area (Å²) in [5.74, 6) is -0.109. The van der Waals surface area contributed by atoms with E-state index in [0.717, 1.165) is 18.4 Å². The fourth-order valence-electron chi connectivity index (χ4n) is 3.29. The summed E-state index contributed by atoms with van der Waals surface area (Å²) >= 11 is 0. The van der Waals surface area contributed by atoms with Gasteiger partial charge < -0.3 is 20.5 Å². The largest absolute Gasteiger partial charge is 0.507 e. The number of rotatable bonds is 12. The van der Waals surface area contributed by atoms with Crippen LogP contribution in [-0.4, -0.2) is 48.9 Å².